The third-order valence-corrected chi connectivity index (χ3v) is 2.76. The summed E-state index contributed by atoms with van der Waals surface area (Å²) in [5.41, 5.74) is -0.523. The highest BCUT2D eigenvalue weighted by molar-refractivity contribution is 5.79. The van der Waals surface area contributed by atoms with Crippen molar-refractivity contribution < 1.29 is 9.90 Å². The van der Waals surface area contributed by atoms with E-state index in [0.717, 1.165) is 25.8 Å². The van der Waals surface area contributed by atoms with Crippen LogP contribution in [0.2, 0.25) is 0 Å². The Morgan fingerprint density at radius 2 is 2.50 bits per heavy atom. The van der Waals surface area contributed by atoms with Gasteiger partial charge in [-0.3, -0.25) is 4.79 Å². The first-order chi connectivity index (χ1) is 4.73. The Kier molecular flexibility index (Phi) is 1.06. The summed E-state index contributed by atoms with van der Waals surface area (Å²) in [6.45, 7) is 0.909. The van der Waals surface area contributed by atoms with E-state index in [4.69, 9.17) is 5.11 Å². The number of carboxylic acid groups (broad SMARTS) is 1. The monoisotopic (exact) mass is 141 g/mol. The molecule has 0 aromatic rings. The van der Waals surface area contributed by atoms with Crippen LogP contribution in [0.5, 0.6) is 0 Å². The van der Waals surface area contributed by atoms with E-state index in [1.54, 1.807) is 0 Å². The Balaban J connectivity index is 2.23. The molecule has 3 heteroatoms. The highest BCUT2D eigenvalue weighted by Crippen LogP contribution is 2.39. The molecular formula is C7H11NO2. The molecule has 3 nitrogen and oxygen atoms in total. The lowest BCUT2D eigenvalue weighted by molar-refractivity contribution is -0.144. The summed E-state index contributed by atoms with van der Waals surface area (Å²) in [6, 6.07) is 0. The summed E-state index contributed by atoms with van der Waals surface area (Å²) in [7, 11) is 0. The molecule has 2 rings (SSSR count). The normalized spacial score (nSPS) is 44.2. The molecule has 0 spiro atoms. The zero-order valence-electron chi connectivity index (χ0n) is 5.76. The van der Waals surface area contributed by atoms with Crippen LogP contribution in [0.15, 0.2) is 0 Å². The highest BCUT2D eigenvalue weighted by Gasteiger charge is 2.50. The summed E-state index contributed by atoms with van der Waals surface area (Å²) in [5.74, 6) is -0.0244. The second kappa shape index (κ2) is 1.72. The lowest BCUT2D eigenvalue weighted by Crippen LogP contribution is -2.47. The zero-order valence-corrected chi connectivity index (χ0v) is 5.76. The summed E-state index contributed by atoms with van der Waals surface area (Å²) in [5, 5.41) is 11.9. The Bertz CT molecular complexity index is 170. The first-order valence-corrected chi connectivity index (χ1v) is 3.71. The second-order valence-electron chi connectivity index (χ2n) is 3.38. The SMILES string of the molecule is O=C(O)C12CCC(CN1)C2. The second-order valence-corrected chi connectivity index (χ2v) is 3.38. The van der Waals surface area contributed by atoms with Gasteiger partial charge in [-0.05, 0) is 31.7 Å². The van der Waals surface area contributed by atoms with Crippen LogP contribution in [0.25, 0.3) is 0 Å². The van der Waals surface area contributed by atoms with Crippen LogP contribution in [0.4, 0.5) is 0 Å². The van der Waals surface area contributed by atoms with Gasteiger partial charge in [0.1, 0.15) is 5.54 Å². The Hall–Kier alpha value is -0.570. The van der Waals surface area contributed by atoms with Gasteiger partial charge >= 0.3 is 5.97 Å². The Morgan fingerprint density at radius 1 is 1.70 bits per heavy atom. The van der Waals surface area contributed by atoms with Gasteiger partial charge in [-0.1, -0.05) is 0 Å². The van der Waals surface area contributed by atoms with Crippen molar-refractivity contribution >= 4 is 5.97 Å². The summed E-state index contributed by atoms with van der Waals surface area (Å²) < 4.78 is 0. The van der Waals surface area contributed by atoms with Crippen molar-refractivity contribution in [2.75, 3.05) is 6.54 Å². The molecule has 2 unspecified atom stereocenters. The number of aliphatic carboxylic acids is 1. The summed E-state index contributed by atoms with van der Waals surface area (Å²) in [6.07, 6.45) is 2.77. The minimum atomic E-state index is -0.660. The molecule has 2 bridgehead atoms. The molecule has 0 aromatic carbocycles. The van der Waals surface area contributed by atoms with E-state index in [1.165, 1.54) is 0 Å². The van der Waals surface area contributed by atoms with Crippen molar-refractivity contribution in [3.63, 3.8) is 0 Å². The first-order valence-electron chi connectivity index (χ1n) is 3.71. The van der Waals surface area contributed by atoms with Crippen LogP contribution in [0.3, 0.4) is 0 Å². The van der Waals surface area contributed by atoms with Crippen LogP contribution >= 0.6 is 0 Å². The molecule has 1 saturated carbocycles. The molecule has 0 radical (unpaired) electrons. The van der Waals surface area contributed by atoms with E-state index in [2.05, 4.69) is 5.32 Å². The predicted octanol–water partition coefficient (Wildman–Crippen LogP) is 0.213. The Morgan fingerprint density at radius 3 is 2.70 bits per heavy atom. The minimum absolute atomic E-state index is 0.523. The van der Waals surface area contributed by atoms with E-state index in [0.29, 0.717) is 5.92 Å². The number of piperidine rings is 1. The van der Waals surface area contributed by atoms with Crippen LogP contribution in [-0.4, -0.2) is 23.2 Å². The van der Waals surface area contributed by atoms with E-state index in [1.807, 2.05) is 0 Å². The molecular weight excluding hydrogens is 130 g/mol. The number of carbonyl (C=O) groups is 1. The van der Waals surface area contributed by atoms with E-state index >= 15 is 0 Å². The fourth-order valence-corrected chi connectivity index (χ4v) is 2.09. The molecule has 2 aliphatic rings. The predicted molar refractivity (Wildman–Crippen MR) is 35.7 cm³/mol. The largest absolute Gasteiger partial charge is 0.480 e. The van der Waals surface area contributed by atoms with Gasteiger partial charge in [0.15, 0.2) is 0 Å². The van der Waals surface area contributed by atoms with Gasteiger partial charge in [-0.2, -0.15) is 0 Å². The number of fused-ring (bicyclic) bond motifs is 2. The Labute approximate surface area is 59.4 Å². The van der Waals surface area contributed by atoms with E-state index in [-0.39, 0.29) is 0 Å². The molecule has 0 aromatic heterocycles. The van der Waals surface area contributed by atoms with E-state index < -0.39 is 11.5 Å². The van der Waals surface area contributed by atoms with Gasteiger partial charge in [0.2, 0.25) is 0 Å². The molecule has 1 aliphatic heterocycles. The molecule has 10 heavy (non-hydrogen) atoms. The van der Waals surface area contributed by atoms with Crippen LogP contribution in [0.1, 0.15) is 19.3 Å². The average Bonchev–Trinajstić information content (AvgIpc) is 2.45. The van der Waals surface area contributed by atoms with Crippen LogP contribution in [0, 0.1) is 5.92 Å². The average molecular weight is 141 g/mol. The number of nitrogens with one attached hydrogen (secondary N) is 1. The lowest BCUT2D eigenvalue weighted by Gasteiger charge is -2.21. The fraction of sp³-hybridized carbons (Fsp3) is 0.857. The molecule has 56 valence electrons. The number of carboxylic acids is 1. The standard InChI is InChI=1S/C7H11NO2/c9-6(10)7-2-1-5(3-7)4-8-7/h5,8H,1-4H2,(H,9,10). The maximum atomic E-state index is 10.7. The molecule has 0 amide bonds. The maximum Gasteiger partial charge on any atom is 0.323 e. The molecule has 1 heterocycles. The van der Waals surface area contributed by atoms with Crippen molar-refractivity contribution in [1.82, 2.24) is 5.32 Å². The minimum Gasteiger partial charge on any atom is -0.480 e. The van der Waals surface area contributed by atoms with Gasteiger partial charge in [-0.15, -0.1) is 0 Å². The van der Waals surface area contributed by atoms with Crippen LogP contribution < -0.4 is 5.32 Å². The van der Waals surface area contributed by atoms with Crippen LogP contribution in [-0.2, 0) is 4.79 Å². The molecule has 2 atom stereocenters. The van der Waals surface area contributed by atoms with Crippen molar-refractivity contribution in [1.29, 1.82) is 0 Å². The van der Waals surface area contributed by atoms with Gasteiger partial charge < -0.3 is 10.4 Å². The fourth-order valence-electron chi connectivity index (χ4n) is 2.09. The highest BCUT2D eigenvalue weighted by atomic mass is 16.4. The van der Waals surface area contributed by atoms with Gasteiger partial charge in [0.05, 0.1) is 0 Å². The summed E-state index contributed by atoms with van der Waals surface area (Å²) in [4.78, 5) is 10.7. The third-order valence-electron chi connectivity index (χ3n) is 2.76. The zero-order chi connectivity index (χ0) is 7.19. The topological polar surface area (TPSA) is 49.3 Å². The smallest absolute Gasteiger partial charge is 0.323 e. The summed E-state index contributed by atoms with van der Waals surface area (Å²) >= 11 is 0. The molecule has 2 N–H and O–H groups in total. The van der Waals surface area contributed by atoms with Crippen molar-refractivity contribution in [2.45, 2.75) is 24.8 Å². The number of hydrogen-bond donors (Lipinski definition) is 2. The quantitative estimate of drug-likeness (QED) is 0.549. The molecule has 1 saturated heterocycles. The van der Waals surface area contributed by atoms with Gasteiger partial charge in [0.25, 0.3) is 0 Å². The number of hydrogen-bond acceptors (Lipinski definition) is 2. The van der Waals surface area contributed by atoms with Crippen molar-refractivity contribution in [3.05, 3.63) is 0 Å². The molecule has 1 aliphatic carbocycles. The lowest BCUT2D eigenvalue weighted by atomic mass is 10.0. The van der Waals surface area contributed by atoms with Crippen molar-refractivity contribution in [3.8, 4) is 0 Å². The van der Waals surface area contributed by atoms with Crippen molar-refractivity contribution in [2.24, 2.45) is 5.92 Å². The number of rotatable bonds is 1. The van der Waals surface area contributed by atoms with E-state index in [9.17, 15) is 4.79 Å². The molecule has 2 fully saturated rings. The first kappa shape index (κ1) is 6.16. The maximum absolute atomic E-state index is 10.7. The third kappa shape index (κ3) is 0.611. The van der Waals surface area contributed by atoms with Gasteiger partial charge in [-0.25, -0.2) is 0 Å². The van der Waals surface area contributed by atoms with Gasteiger partial charge in [0, 0.05) is 0 Å².